The predicted octanol–water partition coefficient (Wildman–Crippen LogP) is 2.57. The zero-order valence-corrected chi connectivity index (χ0v) is 12.8. The lowest BCUT2D eigenvalue weighted by molar-refractivity contribution is -0.117. The first kappa shape index (κ1) is 14.5. The highest BCUT2D eigenvalue weighted by molar-refractivity contribution is 14.1. The van der Waals surface area contributed by atoms with Gasteiger partial charge in [-0.05, 0) is 52.4 Å². The van der Waals surface area contributed by atoms with Gasteiger partial charge in [0, 0.05) is 9.26 Å². The summed E-state index contributed by atoms with van der Waals surface area (Å²) in [7, 11) is 0. The second kappa shape index (κ2) is 6.51. The minimum atomic E-state index is -0.374. The molecule has 2 aromatic rings. The monoisotopic (exact) mass is 380 g/mol. The van der Waals surface area contributed by atoms with Gasteiger partial charge in [-0.15, -0.1) is 0 Å². The molecule has 0 atom stereocenters. The van der Waals surface area contributed by atoms with E-state index >= 15 is 0 Å². The summed E-state index contributed by atoms with van der Waals surface area (Å²) in [5.41, 5.74) is 7.27. The first-order chi connectivity index (χ1) is 9.56. The van der Waals surface area contributed by atoms with Crippen molar-refractivity contribution in [2.24, 2.45) is 5.73 Å². The van der Waals surface area contributed by atoms with Gasteiger partial charge in [-0.1, -0.05) is 24.3 Å². The molecule has 0 aliphatic carbocycles. The number of primary amides is 1. The maximum atomic E-state index is 12.1. The number of hydrogen-bond acceptors (Lipinski definition) is 2. The van der Waals surface area contributed by atoms with Crippen molar-refractivity contribution < 1.29 is 9.59 Å². The molecule has 0 spiro atoms. The third-order valence-electron chi connectivity index (χ3n) is 2.71. The average Bonchev–Trinajstić information content (AvgIpc) is 2.41. The Hall–Kier alpha value is -1.89. The van der Waals surface area contributed by atoms with Gasteiger partial charge < -0.3 is 11.1 Å². The zero-order valence-electron chi connectivity index (χ0n) is 10.6. The Morgan fingerprint density at radius 1 is 1.05 bits per heavy atom. The van der Waals surface area contributed by atoms with Crippen LogP contribution in [0.3, 0.4) is 0 Å². The van der Waals surface area contributed by atoms with Crippen LogP contribution in [0.25, 0.3) is 0 Å². The number of amides is 2. The quantitative estimate of drug-likeness (QED) is 0.801. The predicted molar refractivity (Wildman–Crippen MR) is 86.5 cm³/mol. The van der Waals surface area contributed by atoms with Crippen molar-refractivity contribution in [1.29, 1.82) is 0 Å². The minimum absolute atomic E-state index is 0.155. The van der Waals surface area contributed by atoms with Gasteiger partial charge in [-0.2, -0.15) is 0 Å². The molecule has 0 bridgehead atoms. The highest BCUT2D eigenvalue weighted by Crippen LogP contribution is 2.15. The van der Waals surface area contributed by atoms with Crippen molar-refractivity contribution in [2.75, 3.05) is 5.32 Å². The molecule has 0 heterocycles. The lowest BCUT2D eigenvalue weighted by Crippen LogP contribution is -2.14. The fraction of sp³-hybridized carbons (Fsp3) is 0.0667. The Kier molecular flexibility index (Phi) is 4.73. The van der Waals surface area contributed by atoms with Gasteiger partial charge in [0.1, 0.15) is 0 Å². The van der Waals surface area contributed by atoms with Crippen LogP contribution in [0.1, 0.15) is 15.9 Å². The van der Waals surface area contributed by atoms with Gasteiger partial charge in [0.25, 0.3) is 5.91 Å². The number of halogens is 1. The number of nitrogens with one attached hydrogen (secondary N) is 1. The van der Waals surface area contributed by atoms with E-state index in [1.54, 1.807) is 30.3 Å². The van der Waals surface area contributed by atoms with Gasteiger partial charge in [0.15, 0.2) is 0 Å². The lowest BCUT2D eigenvalue weighted by Gasteiger charge is -2.07. The molecule has 0 saturated heterocycles. The number of hydrogen-bond donors (Lipinski definition) is 2. The van der Waals surface area contributed by atoms with Crippen LogP contribution >= 0.6 is 22.6 Å². The number of carbonyl (C=O) groups excluding carboxylic acids is 2. The summed E-state index contributed by atoms with van der Waals surface area (Å²) in [6, 6.07) is 14.4. The van der Waals surface area contributed by atoms with Crippen molar-refractivity contribution in [1.82, 2.24) is 0 Å². The van der Waals surface area contributed by atoms with E-state index in [0.717, 1.165) is 9.13 Å². The Bertz CT molecular complexity index is 639. The summed E-state index contributed by atoms with van der Waals surface area (Å²) in [5.74, 6) is -0.529. The Balaban J connectivity index is 2.09. The van der Waals surface area contributed by atoms with Gasteiger partial charge in [-0.3, -0.25) is 9.59 Å². The van der Waals surface area contributed by atoms with E-state index in [1.165, 1.54) is 0 Å². The Morgan fingerprint density at radius 2 is 1.70 bits per heavy atom. The third kappa shape index (κ3) is 3.80. The molecule has 0 unspecified atom stereocenters. The van der Waals surface area contributed by atoms with Crippen LogP contribution in [0.2, 0.25) is 0 Å². The van der Waals surface area contributed by atoms with Gasteiger partial charge in [0.05, 0.1) is 12.0 Å². The Labute approximate surface area is 130 Å². The zero-order chi connectivity index (χ0) is 14.5. The van der Waals surface area contributed by atoms with Crippen LogP contribution < -0.4 is 11.1 Å². The molecule has 4 nitrogen and oxygen atoms in total. The molecular formula is C15H13IN2O2. The van der Waals surface area contributed by atoms with E-state index in [4.69, 9.17) is 5.73 Å². The van der Waals surface area contributed by atoms with Crippen molar-refractivity contribution >= 4 is 40.1 Å². The van der Waals surface area contributed by atoms with Crippen molar-refractivity contribution in [3.05, 3.63) is 63.2 Å². The van der Waals surface area contributed by atoms with E-state index in [1.807, 2.05) is 18.2 Å². The number of carbonyl (C=O) groups is 2. The average molecular weight is 380 g/mol. The summed E-state index contributed by atoms with van der Waals surface area (Å²) >= 11 is 2.12. The van der Waals surface area contributed by atoms with Gasteiger partial charge in [-0.25, -0.2) is 0 Å². The molecule has 102 valence electrons. The SMILES string of the molecule is NC(=O)Cc1ccc(NC(=O)c2ccccc2I)cc1. The highest BCUT2D eigenvalue weighted by Gasteiger charge is 2.09. The van der Waals surface area contributed by atoms with Crippen LogP contribution in [0.5, 0.6) is 0 Å². The summed E-state index contributed by atoms with van der Waals surface area (Å²) in [4.78, 5) is 22.9. The Morgan fingerprint density at radius 3 is 2.30 bits per heavy atom. The molecule has 2 amide bonds. The molecule has 20 heavy (non-hydrogen) atoms. The van der Waals surface area contributed by atoms with Gasteiger partial charge in [0.2, 0.25) is 5.91 Å². The maximum Gasteiger partial charge on any atom is 0.256 e. The summed E-state index contributed by atoms with van der Waals surface area (Å²) < 4.78 is 0.896. The van der Waals surface area contributed by atoms with Crippen molar-refractivity contribution in [2.45, 2.75) is 6.42 Å². The number of anilines is 1. The van der Waals surface area contributed by atoms with Crippen LogP contribution in [-0.2, 0) is 11.2 Å². The molecule has 0 radical (unpaired) electrons. The largest absolute Gasteiger partial charge is 0.369 e. The van der Waals surface area contributed by atoms with Crippen LogP contribution in [-0.4, -0.2) is 11.8 Å². The van der Waals surface area contributed by atoms with Gasteiger partial charge >= 0.3 is 0 Å². The van der Waals surface area contributed by atoms with Crippen LogP contribution in [0.4, 0.5) is 5.69 Å². The van der Waals surface area contributed by atoms with Crippen molar-refractivity contribution in [3.63, 3.8) is 0 Å². The minimum Gasteiger partial charge on any atom is -0.369 e. The summed E-state index contributed by atoms with van der Waals surface area (Å²) in [6.45, 7) is 0. The molecule has 0 fully saturated rings. The summed E-state index contributed by atoms with van der Waals surface area (Å²) in [6.07, 6.45) is 0.199. The maximum absolute atomic E-state index is 12.1. The molecule has 3 N–H and O–H groups in total. The fourth-order valence-electron chi connectivity index (χ4n) is 1.75. The normalized spacial score (nSPS) is 10.1. The van der Waals surface area contributed by atoms with E-state index in [-0.39, 0.29) is 18.2 Å². The molecule has 0 aromatic heterocycles. The lowest BCUT2D eigenvalue weighted by atomic mass is 10.1. The highest BCUT2D eigenvalue weighted by atomic mass is 127. The second-order valence-electron chi connectivity index (χ2n) is 4.27. The third-order valence-corrected chi connectivity index (χ3v) is 3.65. The van der Waals surface area contributed by atoms with Crippen LogP contribution in [0.15, 0.2) is 48.5 Å². The number of rotatable bonds is 4. The fourth-order valence-corrected chi connectivity index (χ4v) is 2.38. The van der Waals surface area contributed by atoms with Crippen LogP contribution in [0, 0.1) is 3.57 Å². The first-order valence-corrected chi connectivity index (χ1v) is 7.07. The smallest absolute Gasteiger partial charge is 0.256 e. The molecule has 0 saturated carbocycles. The molecule has 0 aliphatic heterocycles. The topological polar surface area (TPSA) is 72.2 Å². The molecular weight excluding hydrogens is 367 g/mol. The molecule has 0 aliphatic rings. The van der Waals surface area contributed by atoms with E-state index in [2.05, 4.69) is 27.9 Å². The standard InChI is InChI=1S/C15H13IN2O2/c16-13-4-2-1-3-12(13)15(20)18-11-7-5-10(6-8-11)9-14(17)19/h1-8H,9H2,(H2,17,19)(H,18,20). The summed E-state index contributed by atoms with van der Waals surface area (Å²) in [5, 5.41) is 2.82. The van der Waals surface area contributed by atoms with Crippen molar-refractivity contribution in [3.8, 4) is 0 Å². The number of nitrogens with two attached hydrogens (primary N) is 1. The molecule has 5 heteroatoms. The molecule has 2 rings (SSSR count). The molecule has 2 aromatic carbocycles. The van der Waals surface area contributed by atoms with E-state index in [9.17, 15) is 9.59 Å². The van der Waals surface area contributed by atoms with E-state index in [0.29, 0.717) is 11.3 Å². The second-order valence-corrected chi connectivity index (χ2v) is 5.44. The van der Waals surface area contributed by atoms with E-state index < -0.39 is 0 Å². The first-order valence-electron chi connectivity index (χ1n) is 5.99. The number of benzene rings is 2.